The Kier molecular flexibility index (Phi) is 4.30. The van der Waals surface area contributed by atoms with Gasteiger partial charge in [-0.25, -0.2) is 0 Å². The van der Waals surface area contributed by atoms with Crippen molar-refractivity contribution in [2.45, 2.75) is 12.2 Å². The second-order valence-electron chi connectivity index (χ2n) is 3.36. The number of aliphatic hydroxyl groups excluding tert-OH is 3. The maximum absolute atomic E-state index is 10.6. The number of aldehydes is 2. The Hall–Kier alpha value is -1.56. The van der Waals surface area contributed by atoms with E-state index in [2.05, 4.69) is 0 Å². The van der Waals surface area contributed by atoms with Gasteiger partial charge in [-0.3, -0.25) is 9.59 Å². The van der Waals surface area contributed by atoms with Crippen molar-refractivity contribution < 1.29 is 24.9 Å². The van der Waals surface area contributed by atoms with E-state index in [0.29, 0.717) is 12.6 Å². The molecule has 5 heteroatoms. The number of carbonyl (C=O) groups is 2. The summed E-state index contributed by atoms with van der Waals surface area (Å²) in [5, 5.41) is 27.5. The van der Waals surface area contributed by atoms with Crippen LogP contribution in [0.15, 0.2) is 18.2 Å². The Labute approximate surface area is 92.0 Å². The summed E-state index contributed by atoms with van der Waals surface area (Å²) >= 11 is 0. The Morgan fingerprint density at radius 3 is 1.94 bits per heavy atom. The number of hydrogen-bond acceptors (Lipinski definition) is 5. The van der Waals surface area contributed by atoms with Gasteiger partial charge in [0, 0.05) is 11.1 Å². The van der Waals surface area contributed by atoms with Crippen molar-refractivity contribution >= 4 is 12.6 Å². The summed E-state index contributed by atoms with van der Waals surface area (Å²) < 4.78 is 0. The van der Waals surface area contributed by atoms with E-state index >= 15 is 0 Å². The molecule has 0 saturated carbocycles. The molecule has 0 aliphatic heterocycles. The van der Waals surface area contributed by atoms with E-state index in [9.17, 15) is 19.8 Å². The van der Waals surface area contributed by atoms with Crippen LogP contribution in [0.3, 0.4) is 0 Å². The minimum absolute atomic E-state index is 0.216. The van der Waals surface area contributed by atoms with Crippen molar-refractivity contribution in [2.24, 2.45) is 0 Å². The highest BCUT2D eigenvalue weighted by molar-refractivity contribution is 5.82. The van der Waals surface area contributed by atoms with Crippen LogP contribution < -0.4 is 0 Å². The lowest BCUT2D eigenvalue weighted by Gasteiger charge is -2.16. The first-order chi connectivity index (χ1) is 7.62. The third kappa shape index (κ3) is 2.73. The summed E-state index contributed by atoms with van der Waals surface area (Å²) in [4.78, 5) is 21.2. The summed E-state index contributed by atoms with van der Waals surface area (Å²) in [6.45, 7) is -0.608. The topological polar surface area (TPSA) is 94.8 Å². The van der Waals surface area contributed by atoms with E-state index in [1.807, 2.05) is 0 Å². The van der Waals surface area contributed by atoms with Gasteiger partial charge in [0.15, 0.2) is 0 Å². The molecule has 0 spiro atoms. The first-order valence-corrected chi connectivity index (χ1v) is 4.64. The lowest BCUT2D eigenvalue weighted by Crippen LogP contribution is -2.22. The molecule has 86 valence electrons. The van der Waals surface area contributed by atoms with Crippen molar-refractivity contribution in [1.82, 2.24) is 0 Å². The standard InChI is InChI=1S/C11H12O5/c12-4-7-1-8(5-13)3-9(2-7)11(16)10(15)6-14/h1-5,10-11,14-16H,6H2. The van der Waals surface area contributed by atoms with Gasteiger partial charge in [0.25, 0.3) is 0 Å². The van der Waals surface area contributed by atoms with Crippen molar-refractivity contribution in [1.29, 1.82) is 0 Å². The molecular formula is C11H12O5. The smallest absolute Gasteiger partial charge is 0.150 e. The van der Waals surface area contributed by atoms with Crippen LogP contribution in [-0.2, 0) is 0 Å². The summed E-state index contributed by atoms with van der Waals surface area (Å²) in [6.07, 6.45) is -1.60. The van der Waals surface area contributed by atoms with E-state index in [1.54, 1.807) is 0 Å². The van der Waals surface area contributed by atoms with Gasteiger partial charge in [0.1, 0.15) is 24.8 Å². The fourth-order valence-corrected chi connectivity index (χ4v) is 1.33. The summed E-state index contributed by atoms with van der Waals surface area (Å²) in [7, 11) is 0. The molecule has 3 N–H and O–H groups in total. The van der Waals surface area contributed by atoms with Gasteiger partial charge in [-0.15, -0.1) is 0 Å². The first-order valence-electron chi connectivity index (χ1n) is 4.64. The number of carbonyl (C=O) groups excluding carboxylic acids is 2. The monoisotopic (exact) mass is 224 g/mol. The van der Waals surface area contributed by atoms with Gasteiger partial charge in [-0.1, -0.05) is 0 Å². The van der Waals surface area contributed by atoms with Crippen LogP contribution in [0.5, 0.6) is 0 Å². The number of hydrogen-bond donors (Lipinski definition) is 3. The molecule has 0 heterocycles. The predicted molar refractivity (Wildman–Crippen MR) is 55.3 cm³/mol. The van der Waals surface area contributed by atoms with Crippen LogP contribution in [0, 0.1) is 0 Å². The molecular weight excluding hydrogens is 212 g/mol. The maximum Gasteiger partial charge on any atom is 0.150 e. The molecule has 0 aromatic heterocycles. The molecule has 5 nitrogen and oxygen atoms in total. The number of benzene rings is 1. The zero-order valence-corrected chi connectivity index (χ0v) is 8.41. The van der Waals surface area contributed by atoms with Crippen LogP contribution in [0.1, 0.15) is 32.4 Å². The van der Waals surface area contributed by atoms with Gasteiger partial charge in [-0.05, 0) is 23.8 Å². The predicted octanol–water partition coefficient (Wildman–Crippen LogP) is -0.302. The second-order valence-corrected chi connectivity index (χ2v) is 3.36. The molecule has 1 rings (SSSR count). The number of aliphatic hydroxyl groups is 3. The number of rotatable bonds is 5. The highest BCUT2D eigenvalue weighted by Gasteiger charge is 2.18. The van der Waals surface area contributed by atoms with Crippen LogP contribution in [0.4, 0.5) is 0 Å². The van der Waals surface area contributed by atoms with Crippen LogP contribution in [-0.4, -0.2) is 40.6 Å². The minimum atomic E-state index is -1.35. The van der Waals surface area contributed by atoms with E-state index in [0.717, 1.165) is 0 Å². The average Bonchev–Trinajstić information content (AvgIpc) is 2.35. The van der Waals surface area contributed by atoms with Crippen LogP contribution in [0.25, 0.3) is 0 Å². The van der Waals surface area contributed by atoms with E-state index in [1.165, 1.54) is 18.2 Å². The van der Waals surface area contributed by atoms with E-state index in [4.69, 9.17) is 5.11 Å². The van der Waals surface area contributed by atoms with E-state index in [-0.39, 0.29) is 16.7 Å². The van der Waals surface area contributed by atoms with Gasteiger partial charge < -0.3 is 15.3 Å². The molecule has 0 radical (unpaired) electrons. The lowest BCUT2D eigenvalue weighted by molar-refractivity contribution is -0.0152. The summed E-state index contributed by atoms with van der Waals surface area (Å²) in [5.74, 6) is 0. The third-order valence-corrected chi connectivity index (χ3v) is 2.17. The van der Waals surface area contributed by atoms with Gasteiger partial charge in [0.05, 0.1) is 6.61 Å². The molecule has 1 aromatic carbocycles. The van der Waals surface area contributed by atoms with Gasteiger partial charge in [-0.2, -0.15) is 0 Å². The van der Waals surface area contributed by atoms with Crippen molar-refractivity contribution in [3.8, 4) is 0 Å². The molecule has 2 unspecified atom stereocenters. The molecule has 0 saturated heterocycles. The van der Waals surface area contributed by atoms with Crippen LogP contribution >= 0.6 is 0 Å². The minimum Gasteiger partial charge on any atom is -0.394 e. The SMILES string of the molecule is O=Cc1cc(C=O)cc(C(O)C(O)CO)c1. The van der Waals surface area contributed by atoms with Gasteiger partial charge in [0.2, 0.25) is 0 Å². The maximum atomic E-state index is 10.6. The first kappa shape index (κ1) is 12.5. The molecule has 0 aliphatic carbocycles. The average molecular weight is 224 g/mol. The largest absolute Gasteiger partial charge is 0.394 e. The van der Waals surface area contributed by atoms with E-state index < -0.39 is 18.8 Å². The molecule has 2 atom stereocenters. The zero-order chi connectivity index (χ0) is 12.1. The highest BCUT2D eigenvalue weighted by atomic mass is 16.4. The fourth-order valence-electron chi connectivity index (χ4n) is 1.33. The third-order valence-electron chi connectivity index (χ3n) is 2.17. The molecule has 0 fully saturated rings. The fraction of sp³-hybridized carbons (Fsp3) is 0.273. The lowest BCUT2D eigenvalue weighted by atomic mass is 10.00. The molecule has 16 heavy (non-hydrogen) atoms. The quantitative estimate of drug-likeness (QED) is 0.597. The Bertz CT molecular complexity index is 362. The summed E-state index contributed by atoms with van der Waals surface area (Å²) in [6, 6.07) is 4.06. The second kappa shape index (κ2) is 5.50. The highest BCUT2D eigenvalue weighted by Crippen LogP contribution is 2.19. The van der Waals surface area contributed by atoms with Crippen LogP contribution in [0.2, 0.25) is 0 Å². The zero-order valence-electron chi connectivity index (χ0n) is 8.41. The molecule has 0 bridgehead atoms. The Morgan fingerprint density at radius 2 is 1.56 bits per heavy atom. The summed E-state index contributed by atoms with van der Waals surface area (Å²) in [5.41, 5.74) is 0.667. The molecule has 0 amide bonds. The molecule has 1 aromatic rings. The van der Waals surface area contributed by atoms with Crippen molar-refractivity contribution in [3.05, 3.63) is 34.9 Å². The Balaban J connectivity index is 3.12. The van der Waals surface area contributed by atoms with Gasteiger partial charge >= 0.3 is 0 Å². The molecule has 0 aliphatic rings. The normalized spacial score (nSPS) is 14.2. The van der Waals surface area contributed by atoms with Crippen molar-refractivity contribution in [3.63, 3.8) is 0 Å². The van der Waals surface area contributed by atoms with Crippen molar-refractivity contribution in [2.75, 3.05) is 6.61 Å². The Morgan fingerprint density at radius 1 is 1.06 bits per heavy atom.